The molecule has 1 N–H and O–H groups in total. The van der Waals surface area contributed by atoms with Gasteiger partial charge in [-0.2, -0.15) is 0 Å². The second kappa shape index (κ2) is 10.8. The van der Waals surface area contributed by atoms with Crippen molar-refractivity contribution in [2.75, 3.05) is 36.5 Å². The van der Waals surface area contributed by atoms with Gasteiger partial charge in [-0.05, 0) is 56.9 Å². The van der Waals surface area contributed by atoms with Gasteiger partial charge in [0.1, 0.15) is 0 Å². The molecule has 1 unspecified atom stereocenters. The van der Waals surface area contributed by atoms with Crippen LogP contribution in [0, 0.1) is 10.1 Å². The summed E-state index contributed by atoms with van der Waals surface area (Å²) in [5.74, 6) is -0.801. The largest absolute Gasteiger partial charge is 0.372 e. The minimum atomic E-state index is -3.60. The summed E-state index contributed by atoms with van der Waals surface area (Å²) in [5, 5.41) is 14.3. The second-order valence-electron chi connectivity index (χ2n) is 7.37. The Morgan fingerprint density at radius 1 is 1.06 bits per heavy atom. The van der Waals surface area contributed by atoms with Gasteiger partial charge in [0.25, 0.3) is 5.69 Å². The second-order valence-corrected chi connectivity index (χ2v) is 9.48. The molecule has 1 atom stereocenters. The van der Waals surface area contributed by atoms with Crippen LogP contribution in [0.2, 0.25) is 0 Å². The van der Waals surface area contributed by atoms with Gasteiger partial charge in [-0.3, -0.25) is 14.7 Å². The zero-order valence-corrected chi connectivity index (χ0v) is 18.9. The molecule has 2 aromatic rings. The third-order valence-electron chi connectivity index (χ3n) is 5.22. The highest BCUT2D eigenvalue weighted by atomic mass is 31.2. The molecule has 0 aliphatic carbocycles. The number of benzene rings is 2. The summed E-state index contributed by atoms with van der Waals surface area (Å²) in [6.45, 7) is 6.02. The summed E-state index contributed by atoms with van der Waals surface area (Å²) in [5.41, 5.74) is 2.28. The first-order valence-electron chi connectivity index (χ1n) is 10.7. The molecular formula is C22H30N3O5P. The number of non-ortho nitro benzene ring substituents is 1. The van der Waals surface area contributed by atoms with Crippen LogP contribution in [-0.2, 0) is 13.6 Å². The van der Waals surface area contributed by atoms with Gasteiger partial charge in [-0.25, -0.2) is 0 Å². The van der Waals surface area contributed by atoms with Crippen LogP contribution in [0.4, 0.5) is 17.1 Å². The third-order valence-corrected chi connectivity index (χ3v) is 7.52. The molecule has 0 aromatic heterocycles. The van der Waals surface area contributed by atoms with E-state index in [1.54, 1.807) is 26.0 Å². The Morgan fingerprint density at radius 3 is 2.29 bits per heavy atom. The lowest BCUT2D eigenvalue weighted by atomic mass is 10.1. The van der Waals surface area contributed by atoms with Crippen molar-refractivity contribution in [2.24, 2.45) is 0 Å². The van der Waals surface area contributed by atoms with Crippen LogP contribution in [0.1, 0.15) is 44.5 Å². The number of nitro benzene ring substituents is 1. The quantitative estimate of drug-likeness (QED) is 0.273. The number of anilines is 2. The first-order chi connectivity index (χ1) is 15.0. The highest BCUT2D eigenvalue weighted by Crippen LogP contribution is 2.60. The van der Waals surface area contributed by atoms with Gasteiger partial charge in [-0.1, -0.05) is 18.2 Å². The Kier molecular flexibility index (Phi) is 8.07. The van der Waals surface area contributed by atoms with Crippen molar-refractivity contribution in [2.45, 2.75) is 38.9 Å². The molecule has 1 aliphatic heterocycles. The fraction of sp³-hybridized carbons (Fsp3) is 0.455. The normalized spacial score (nSPS) is 15.5. The molecule has 0 bridgehead atoms. The number of nitrogens with zero attached hydrogens (tertiary/aromatic N) is 2. The van der Waals surface area contributed by atoms with E-state index in [4.69, 9.17) is 9.05 Å². The summed E-state index contributed by atoms with van der Waals surface area (Å²) in [4.78, 5) is 13.1. The van der Waals surface area contributed by atoms with Crippen molar-refractivity contribution in [3.63, 3.8) is 0 Å². The molecule has 0 radical (unpaired) electrons. The highest BCUT2D eigenvalue weighted by Gasteiger charge is 2.37. The van der Waals surface area contributed by atoms with Crippen LogP contribution in [0.5, 0.6) is 0 Å². The van der Waals surface area contributed by atoms with Crippen molar-refractivity contribution in [3.8, 4) is 0 Å². The molecule has 0 saturated carbocycles. The Hall–Kier alpha value is -2.41. The molecule has 31 heavy (non-hydrogen) atoms. The molecule has 3 rings (SSSR count). The van der Waals surface area contributed by atoms with Crippen LogP contribution in [0.25, 0.3) is 0 Å². The molecule has 1 heterocycles. The summed E-state index contributed by atoms with van der Waals surface area (Å²) in [7, 11) is -3.60. The topological polar surface area (TPSA) is 93.9 Å². The molecule has 8 nitrogen and oxygen atoms in total. The third kappa shape index (κ3) is 5.85. The Morgan fingerprint density at radius 2 is 1.71 bits per heavy atom. The summed E-state index contributed by atoms with van der Waals surface area (Å²) in [6, 6.07) is 14.0. The molecule has 2 aromatic carbocycles. The van der Waals surface area contributed by atoms with Gasteiger partial charge >= 0.3 is 7.60 Å². The van der Waals surface area contributed by atoms with Gasteiger partial charge < -0.3 is 19.3 Å². The maximum Gasteiger partial charge on any atom is 0.357 e. The first-order valence-corrected chi connectivity index (χ1v) is 12.3. The fourth-order valence-electron chi connectivity index (χ4n) is 3.78. The molecule has 168 valence electrons. The van der Waals surface area contributed by atoms with E-state index in [-0.39, 0.29) is 18.9 Å². The lowest BCUT2D eigenvalue weighted by Crippen LogP contribution is -2.29. The molecular weight excluding hydrogens is 417 g/mol. The average molecular weight is 447 g/mol. The Bertz CT molecular complexity index is 906. The minimum absolute atomic E-state index is 0.0492. The molecule has 1 fully saturated rings. The average Bonchev–Trinajstić information content (AvgIpc) is 2.79. The van der Waals surface area contributed by atoms with Crippen molar-refractivity contribution >= 4 is 24.7 Å². The fourth-order valence-corrected chi connectivity index (χ4v) is 5.71. The monoisotopic (exact) mass is 447 g/mol. The van der Waals surface area contributed by atoms with E-state index in [9.17, 15) is 14.7 Å². The van der Waals surface area contributed by atoms with Gasteiger partial charge in [0.05, 0.1) is 18.1 Å². The SMILES string of the molecule is CCOP(=O)(OCC)C(Nc1cccc([N+](=O)[O-])c1)c1ccc(N2CCCCC2)cc1. The maximum atomic E-state index is 13.7. The van der Waals surface area contributed by atoms with Gasteiger partial charge in [0.15, 0.2) is 5.78 Å². The van der Waals surface area contributed by atoms with Crippen LogP contribution in [-0.4, -0.2) is 31.2 Å². The van der Waals surface area contributed by atoms with Gasteiger partial charge in [-0.15, -0.1) is 0 Å². The zero-order valence-electron chi connectivity index (χ0n) is 18.0. The standard InChI is InChI=1S/C22H30N3O5P/c1-3-29-31(28,30-4-2)22(23-19-9-8-10-21(17-19)25(26)27)18-11-13-20(14-12-18)24-15-6-5-7-16-24/h8-14,17,22-23H,3-7,15-16H2,1-2H3. The van der Waals surface area contributed by atoms with Crippen molar-refractivity contribution in [1.82, 2.24) is 0 Å². The first kappa shape index (κ1) is 23.3. The number of rotatable bonds is 10. The van der Waals surface area contributed by atoms with E-state index in [0.29, 0.717) is 5.69 Å². The van der Waals surface area contributed by atoms with E-state index in [1.165, 1.54) is 31.4 Å². The van der Waals surface area contributed by atoms with Gasteiger partial charge in [0.2, 0.25) is 0 Å². The molecule has 9 heteroatoms. The number of hydrogen-bond donors (Lipinski definition) is 1. The highest BCUT2D eigenvalue weighted by molar-refractivity contribution is 7.54. The molecule has 1 aliphatic rings. The number of piperidine rings is 1. The van der Waals surface area contributed by atoms with Crippen LogP contribution >= 0.6 is 7.60 Å². The van der Waals surface area contributed by atoms with Crippen molar-refractivity contribution < 1.29 is 18.5 Å². The van der Waals surface area contributed by atoms with Crippen LogP contribution in [0.15, 0.2) is 48.5 Å². The van der Waals surface area contributed by atoms with Crippen LogP contribution in [0.3, 0.4) is 0 Å². The van der Waals surface area contributed by atoms with E-state index in [0.717, 1.165) is 24.3 Å². The maximum absolute atomic E-state index is 13.7. The summed E-state index contributed by atoms with van der Waals surface area (Å²) >= 11 is 0. The Labute approximate surface area is 183 Å². The van der Waals surface area contributed by atoms with E-state index in [1.807, 2.05) is 24.3 Å². The summed E-state index contributed by atoms with van der Waals surface area (Å²) < 4.78 is 24.9. The lowest BCUT2D eigenvalue weighted by molar-refractivity contribution is -0.384. The Balaban J connectivity index is 1.94. The van der Waals surface area contributed by atoms with Gasteiger partial charge in [0, 0.05) is 36.6 Å². The van der Waals surface area contributed by atoms with E-state index in [2.05, 4.69) is 10.2 Å². The van der Waals surface area contributed by atoms with Crippen LogP contribution < -0.4 is 10.2 Å². The number of hydrogen-bond acceptors (Lipinski definition) is 7. The molecule has 0 amide bonds. The summed E-state index contributed by atoms with van der Waals surface area (Å²) in [6.07, 6.45) is 3.63. The van der Waals surface area contributed by atoms with E-state index < -0.39 is 18.3 Å². The molecule has 1 saturated heterocycles. The van der Waals surface area contributed by atoms with Crippen molar-refractivity contribution in [3.05, 3.63) is 64.2 Å². The smallest absolute Gasteiger partial charge is 0.357 e. The number of nitrogens with one attached hydrogen (secondary N) is 1. The van der Waals surface area contributed by atoms with E-state index >= 15 is 0 Å². The zero-order chi connectivity index (χ0) is 22.3. The predicted octanol–water partition coefficient (Wildman–Crippen LogP) is 5.96. The molecule has 0 spiro atoms. The van der Waals surface area contributed by atoms with Crippen molar-refractivity contribution in [1.29, 1.82) is 0 Å². The minimum Gasteiger partial charge on any atom is -0.372 e. The number of nitro groups is 1. The predicted molar refractivity (Wildman–Crippen MR) is 123 cm³/mol. The lowest BCUT2D eigenvalue weighted by Gasteiger charge is -2.30.